The van der Waals surface area contributed by atoms with Crippen LogP contribution in [0.15, 0.2) is 36.4 Å². The number of aryl methyl sites for hydroxylation is 1. The average molecular weight is 408 g/mol. The average Bonchev–Trinajstić information content (AvgIpc) is 2.66. The molecule has 2 aromatic rings. The van der Waals surface area contributed by atoms with Crippen molar-refractivity contribution in [3.05, 3.63) is 63.9 Å². The molecule has 3 rings (SSSR count). The summed E-state index contributed by atoms with van der Waals surface area (Å²) in [5.74, 6) is -0.562. The molecule has 150 valence electrons. The van der Waals surface area contributed by atoms with E-state index < -0.39 is 11.8 Å². The Balaban J connectivity index is 1.64. The van der Waals surface area contributed by atoms with Crippen molar-refractivity contribution in [2.75, 3.05) is 26.2 Å². The maximum atomic E-state index is 13.9. The first kappa shape index (κ1) is 20.6. The molecule has 0 bridgehead atoms. The zero-order valence-corrected chi connectivity index (χ0v) is 16.4. The number of hydrogen-bond acceptors (Lipinski definition) is 4. The van der Waals surface area contributed by atoms with Gasteiger partial charge in [-0.1, -0.05) is 23.7 Å². The van der Waals surface area contributed by atoms with E-state index in [1.165, 1.54) is 6.07 Å². The molecule has 0 radical (unpaired) electrons. The number of nitrogens with zero attached hydrogens (tertiary/aromatic N) is 1. The molecule has 1 aliphatic heterocycles. The first-order valence-corrected chi connectivity index (χ1v) is 9.54. The van der Waals surface area contributed by atoms with Gasteiger partial charge in [0.2, 0.25) is 0 Å². The minimum absolute atomic E-state index is 0.0488. The molecule has 0 saturated carbocycles. The van der Waals surface area contributed by atoms with Crippen LogP contribution < -0.4 is 4.74 Å². The van der Waals surface area contributed by atoms with E-state index >= 15 is 0 Å². The molecule has 1 heterocycles. The lowest BCUT2D eigenvalue weighted by Crippen LogP contribution is -2.39. The molecule has 1 fully saturated rings. The highest BCUT2D eigenvalue weighted by Crippen LogP contribution is 2.29. The molecule has 1 aliphatic rings. The number of ether oxygens (including phenoxy) is 2. The van der Waals surface area contributed by atoms with E-state index in [9.17, 15) is 9.18 Å². The molecule has 7 heteroatoms. The van der Waals surface area contributed by atoms with Crippen LogP contribution in [-0.4, -0.2) is 42.2 Å². The summed E-state index contributed by atoms with van der Waals surface area (Å²) in [4.78, 5) is 12.9. The van der Waals surface area contributed by atoms with Crippen molar-refractivity contribution in [2.45, 2.75) is 26.1 Å². The fraction of sp³-hybridized carbons (Fsp3) is 0.381. The van der Waals surface area contributed by atoms with Gasteiger partial charge < -0.3 is 14.6 Å². The van der Waals surface area contributed by atoms with Crippen molar-refractivity contribution < 1.29 is 23.8 Å². The van der Waals surface area contributed by atoms with Gasteiger partial charge in [-0.05, 0) is 42.3 Å². The van der Waals surface area contributed by atoms with Crippen molar-refractivity contribution in [2.24, 2.45) is 0 Å². The molecule has 2 aromatic carbocycles. The molecule has 0 amide bonds. The van der Waals surface area contributed by atoms with Crippen LogP contribution in [-0.2, 0) is 16.1 Å². The summed E-state index contributed by atoms with van der Waals surface area (Å²) < 4.78 is 25.5. The van der Waals surface area contributed by atoms with Gasteiger partial charge >= 0.3 is 5.97 Å². The number of morpholine rings is 1. The topological polar surface area (TPSA) is 59.0 Å². The number of aliphatic carboxylic acids is 1. The van der Waals surface area contributed by atoms with Crippen LogP contribution in [0, 0.1) is 12.7 Å². The molecular formula is C21H23ClFNO4. The second-order valence-corrected chi connectivity index (χ2v) is 7.22. The SMILES string of the molecule is Cc1cc(OCc2c(F)cccc2Cl)ccc1C1CN(CCC(=O)O)CCO1. The van der Waals surface area contributed by atoms with Crippen molar-refractivity contribution in [1.29, 1.82) is 0 Å². The van der Waals surface area contributed by atoms with Crippen LogP contribution in [0.1, 0.15) is 29.2 Å². The fourth-order valence-electron chi connectivity index (χ4n) is 3.27. The highest BCUT2D eigenvalue weighted by Gasteiger charge is 2.23. The largest absolute Gasteiger partial charge is 0.489 e. The Morgan fingerprint density at radius 2 is 2.21 bits per heavy atom. The zero-order valence-electron chi connectivity index (χ0n) is 15.7. The normalized spacial score (nSPS) is 17.5. The van der Waals surface area contributed by atoms with Gasteiger partial charge in [0.1, 0.15) is 18.2 Å². The van der Waals surface area contributed by atoms with Gasteiger partial charge in [0.15, 0.2) is 0 Å². The van der Waals surface area contributed by atoms with Crippen LogP contribution >= 0.6 is 11.6 Å². The molecule has 1 saturated heterocycles. The predicted octanol–water partition coefficient (Wildman–Crippen LogP) is 4.21. The van der Waals surface area contributed by atoms with E-state index in [0.717, 1.165) is 17.7 Å². The molecule has 1 atom stereocenters. The second-order valence-electron chi connectivity index (χ2n) is 6.81. The van der Waals surface area contributed by atoms with Crippen LogP contribution in [0.25, 0.3) is 0 Å². The van der Waals surface area contributed by atoms with E-state index in [0.29, 0.717) is 36.0 Å². The summed E-state index contributed by atoms with van der Waals surface area (Å²) in [7, 11) is 0. The number of benzene rings is 2. The van der Waals surface area contributed by atoms with Gasteiger partial charge in [0.05, 0.1) is 24.2 Å². The van der Waals surface area contributed by atoms with Crippen molar-refractivity contribution in [3.63, 3.8) is 0 Å². The molecular weight excluding hydrogens is 385 g/mol. The Labute approximate surface area is 168 Å². The number of carbonyl (C=O) groups is 1. The maximum Gasteiger partial charge on any atom is 0.304 e. The number of halogens is 2. The lowest BCUT2D eigenvalue weighted by atomic mass is 10.0. The quantitative estimate of drug-likeness (QED) is 0.744. The summed E-state index contributed by atoms with van der Waals surface area (Å²) in [5.41, 5.74) is 2.37. The predicted molar refractivity (Wildman–Crippen MR) is 104 cm³/mol. The van der Waals surface area contributed by atoms with Gasteiger partial charge in [-0.2, -0.15) is 0 Å². The second kappa shape index (κ2) is 9.37. The Morgan fingerprint density at radius 1 is 1.39 bits per heavy atom. The molecule has 5 nitrogen and oxygen atoms in total. The first-order chi connectivity index (χ1) is 13.4. The number of rotatable bonds is 7. The smallest absolute Gasteiger partial charge is 0.304 e. The third kappa shape index (κ3) is 5.22. The standard InChI is InChI=1S/C21H23ClFNO4/c1-14-11-15(28-13-17-18(22)3-2-4-19(17)23)5-6-16(14)20-12-24(9-10-27-20)8-7-21(25)26/h2-6,11,20H,7-10,12-13H2,1H3,(H,25,26). The van der Waals surface area contributed by atoms with E-state index in [2.05, 4.69) is 4.90 Å². The Kier molecular flexibility index (Phi) is 6.88. The van der Waals surface area contributed by atoms with E-state index in [1.54, 1.807) is 12.1 Å². The number of carboxylic acid groups (broad SMARTS) is 1. The molecule has 0 aromatic heterocycles. The van der Waals surface area contributed by atoms with Gasteiger partial charge in [0.25, 0.3) is 0 Å². The highest BCUT2D eigenvalue weighted by atomic mass is 35.5. The summed E-state index contributed by atoms with van der Waals surface area (Å²) in [6.07, 6.45) is 0.00878. The van der Waals surface area contributed by atoms with Crippen molar-refractivity contribution in [1.82, 2.24) is 4.90 Å². The summed E-state index contributed by atoms with van der Waals surface area (Å²) in [6.45, 7) is 4.48. The fourth-order valence-corrected chi connectivity index (χ4v) is 3.49. The van der Waals surface area contributed by atoms with Crippen LogP contribution in [0.2, 0.25) is 5.02 Å². The van der Waals surface area contributed by atoms with Crippen LogP contribution in [0.4, 0.5) is 4.39 Å². The summed E-state index contributed by atoms with van der Waals surface area (Å²) >= 11 is 6.03. The number of carboxylic acids is 1. The number of hydrogen-bond donors (Lipinski definition) is 1. The van der Waals surface area contributed by atoms with Crippen LogP contribution in [0.5, 0.6) is 5.75 Å². The summed E-state index contributed by atoms with van der Waals surface area (Å²) in [5, 5.41) is 9.20. The van der Waals surface area contributed by atoms with Crippen molar-refractivity contribution in [3.8, 4) is 5.75 Å². The molecule has 28 heavy (non-hydrogen) atoms. The summed E-state index contributed by atoms with van der Waals surface area (Å²) in [6, 6.07) is 10.2. The van der Waals surface area contributed by atoms with Gasteiger partial charge in [0, 0.05) is 25.2 Å². The molecule has 1 N–H and O–H groups in total. The Morgan fingerprint density at radius 3 is 2.93 bits per heavy atom. The van der Waals surface area contributed by atoms with E-state index in [1.807, 2.05) is 25.1 Å². The lowest BCUT2D eigenvalue weighted by Gasteiger charge is -2.33. The monoisotopic (exact) mass is 407 g/mol. The third-order valence-electron chi connectivity index (χ3n) is 4.83. The lowest BCUT2D eigenvalue weighted by molar-refractivity contribution is -0.137. The van der Waals surface area contributed by atoms with E-state index in [-0.39, 0.29) is 19.1 Å². The van der Waals surface area contributed by atoms with Gasteiger partial charge in [-0.25, -0.2) is 4.39 Å². The first-order valence-electron chi connectivity index (χ1n) is 9.16. The zero-order chi connectivity index (χ0) is 20.1. The minimum Gasteiger partial charge on any atom is -0.489 e. The van der Waals surface area contributed by atoms with Crippen molar-refractivity contribution >= 4 is 17.6 Å². The third-order valence-corrected chi connectivity index (χ3v) is 5.18. The molecule has 0 aliphatic carbocycles. The highest BCUT2D eigenvalue weighted by molar-refractivity contribution is 6.31. The van der Waals surface area contributed by atoms with Gasteiger partial charge in [-0.3, -0.25) is 9.69 Å². The van der Waals surface area contributed by atoms with Crippen LogP contribution in [0.3, 0.4) is 0 Å². The Hall–Kier alpha value is -2.15. The molecule has 0 spiro atoms. The maximum absolute atomic E-state index is 13.9. The molecule has 1 unspecified atom stereocenters. The van der Waals surface area contributed by atoms with E-state index in [4.69, 9.17) is 26.2 Å². The minimum atomic E-state index is -0.796. The Bertz CT molecular complexity index is 825. The van der Waals surface area contributed by atoms with Gasteiger partial charge in [-0.15, -0.1) is 0 Å².